The quantitative estimate of drug-likeness (QED) is 0.532. The zero-order valence-corrected chi connectivity index (χ0v) is 15.4. The van der Waals surface area contributed by atoms with Gasteiger partial charge in [-0.1, -0.05) is 12.1 Å². The van der Waals surface area contributed by atoms with Crippen molar-refractivity contribution >= 4 is 28.4 Å². The Morgan fingerprint density at radius 3 is 2.86 bits per heavy atom. The molecule has 4 heterocycles. The van der Waals surface area contributed by atoms with Crippen molar-refractivity contribution in [2.24, 2.45) is 7.05 Å². The van der Waals surface area contributed by atoms with Crippen LogP contribution in [0.1, 0.15) is 5.56 Å². The van der Waals surface area contributed by atoms with Crippen LogP contribution in [0.15, 0.2) is 49.1 Å². The number of hydrogen-bond acceptors (Lipinski definition) is 7. The Balaban J connectivity index is 1.38. The van der Waals surface area contributed by atoms with Crippen molar-refractivity contribution in [3.05, 3.63) is 54.6 Å². The van der Waals surface area contributed by atoms with Gasteiger partial charge < -0.3 is 15.4 Å². The third kappa shape index (κ3) is 3.39. The van der Waals surface area contributed by atoms with Crippen LogP contribution in [0.4, 0.5) is 17.3 Å². The molecule has 0 radical (unpaired) electrons. The molecule has 0 spiro atoms. The molecular weight excluding hydrogens is 356 g/mol. The standard InChI is InChI=1S/C19H20N8O/c1-26-10-16(8-21-26)24-19-20-6-14-7-22-27(18(14)25-19)9-13-3-2-4-15(5-13)23-17-11-28-12-17/h2-8,10,17,23H,9,11-12H2,1H3,(H,20,24,25). The first kappa shape index (κ1) is 16.7. The normalized spacial score (nSPS) is 14.2. The van der Waals surface area contributed by atoms with E-state index in [1.54, 1.807) is 23.3 Å². The Bertz CT molecular complexity index is 1110. The van der Waals surface area contributed by atoms with E-state index in [4.69, 9.17) is 4.74 Å². The van der Waals surface area contributed by atoms with Crippen LogP contribution in [0.25, 0.3) is 11.0 Å². The van der Waals surface area contributed by atoms with Crippen LogP contribution in [0.5, 0.6) is 0 Å². The SMILES string of the molecule is Cn1cc(Nc2ncc3cnn(Cc4cccc(NC5COC5)c4)c3n2)cn1. The molecule has 142 valence electrons. The summed E-state index contributed by atoms with van der Waals surface area (Å²) in [7, 11) is 1.87. The first-order chi connectivity index (χ1) is 13.7. The van der Waals surface area contributed by atoms with Crippen molar-refractivity contribution in [3.8, 4) is 0 Å². The number of ether oxygens (including phenoxy) is 1. The summed E-state index contributed by atoms with van der Waals surface area (Å²) in [4.78, 5) is 9.00. The summed E-state index contributed by atoms with van der Waals surface area (Å²) in [5.74, 6) is 0.516. The number of aryl methyl sites for hydroxylation is 1. The topological polar surface area (TPSA) is 94.7 Å². The van der Waals surface area contributed by atoms with Crippen molar-refractivity contribution in [3.63, 3.8) is 0 Å². The van der Waals surface area contributed by atoms with Gasteiger partial charge in [-0.3, -0.25) is 4.68 Å². The summed E-state index contributed by atoms with van der Waals surface area (Å²) in [5.41, 5.74) is 3.87. The Morgan fingerprint density at radius 2 is 2.07 bits per heavy atom. The van der Waals surface area contributed by atoms with Gasteiger partial charge in [-0.25, -0.2) is 9.67 Å². The fourth-order valence-electron chi connectivity index (χ4n) is 3.14. The Kier molecular flexibility index (Phi) is 4.13. The average molecular weight is 376 g/mol. The Labute approximate surface area is 161 Å². The highest BCUT2D eigenvalue weighted by molar-refractivity contribution is 5.75. The van der Waals surface area contributed by atoms with Crippen molar-refractivity contribution in [1.82, 2.24) is 29.5 Å². The maximum absolute atomic E-state index is 5.22. The van der Waals surface area contributed by atoms with Gasteiger partial charge in [0.05, 0.1) is 49.3 Å². The number of fused-ring (bicyclic) bond motifs is 1. The second kappa shape index (κ2) is 6.93. The van der Waals surface area contributed by atoms with Crippen LogP contribution >= 0.6 is 0 Å². The Hall–Kier alpha value is -3.46. The van der Waals surface area contributed by atoms with E-state index >= 15 is 0 Å². The lowest BCUT2D eigenvalue weighted by molar-refractivity contribution is 0.0211. The fourth-order valence-corrected chi connectivity index (χ4v) is 3.14. The van der Waals surface area contributed by atoms with E-state index in [9.17, 15) is 0 Å². The Morgan fingerprint density at radius 1 is 1.14 bits per heavy atom. The van der Waals surface area contributed by atoms with Crippen LogP contribution in [0, 0.1) is 0 Å². The predicted molar refractivity (Wildman–Crippen MR) is 106 cm³/mol. The van der Waals surface area contributed by atoms with Crippen molar-refractivity contribution in [2.75, 3.05) is 23.8 Å². The molecule has 3 aromatic heterocycles. The van der Waals surface area contributed by atoms with Crippen molar-refractivity contribution in [1.29, 1.82) is 0 Å². The third-order valence-corrected chi connectivity index (χ3v) is 4.61. The van der Waals surface area contributed by atoms with Gasteiger partial charge in [0.2, 0.25) is 5.95 Å². The van der Waals surface area contributed by atoms with E-state index in [1.165, 1.54) is 0 Å². The van der Waals surface area contributed by atoms with Gasteiger partial charge in [0.1, 0.15) is 0 Å². The molecule has 4 aromatic rings. The number of benzene rings is 1. The molecule has 2 N–H and O–H groups in total. The van der Waals surface area contributed by atoms with E-state index in [2.05, 4.69) is 49.0 Å². The zero-order valence-electron chi connectivity index (χ0n) is 15.4. The molecule has 1 saturated heterocycles. The van der Waals surface area contributed by atoms with Crippen LogP contribution in [-0.4, -0.2) is 48.8 Å². The maximum Gasteiger partial charge on any atom is 0.229 e. The largest absolute Gasteiger partial charge is 0.378 e. The third-order valence-electron chi connectivity index (χ3n) is 4.61. The fraction of sp³-hybridized carbons (Fsp3) is 0.263. The smallest absolute Gasteiger partial charge is 0.229 e. The highest BCUT2D eigenvalue weighted by Gasteiger charge is 2.17. The van der Waals surface area contributed by atoms with Gasteiger partial charge in [-0.2, -0.15) is 15.2 Å². The lowest BCUT2D eigenvalue weighted by Crippen LogP contribution is -2.40. The minimum atomic E-state index is 0.398. The molecule has 0 bridgehead atoms. The predicted octanol–water partition coefficient (Wildman–Crippen LogP) is 2.16. The second-order valence-electron chi connectivity index (χ2n) is 6.88. The maximum atomic E-state index is 5.22. The molecule has 1 fully saturated rings. The van der Waals surface area contributed by atoms with Crippen molar-refractivity contribution < 1.29 is 4.74 Å². The highest BCUT2D eigenvalue weighted by Crippen LogP contribution is 2.19. The summed E-state index contributed by atoms with van der Waals surface area (Å²) in [5, 5.41) is 16.2. The minimum absolute atomic E-state index is 0.398. The molecule has 9 nitrogen and oxygen atoms in total. The molecule has 5 rings (SSSR count). The van der Waals surface area contributed by atoms with E-state index in [0.717, 1.165) is 41.2 Å². The van der Waals surface area contributed by atoms with Crippen LogP contribution in [0.3, 0.4) is 0 Å². The van der Waals surface area contributed by atoms with Gasteiger partial charge in [-0.15, -0.1) is 0 Å². The lowest BCUT2D eigenvalue weighted by Gasteiger charge is -2.28. The summed E-state index contributed by atoms with van der Waals surface area (Å²) in [6.07, 6.45) is 7.17. The van der Waals surface area contributed by atoms with Gasteiger partial charge in [0.25, 0.3) is 0 Å². The molecule has 0 amide bonds. The average Bonchev–Trinajstić information content (AvgIpc) is 3.25. The molecule has 1 aromatic carbocycles. The molecule has 0 atom stereocenters. The summed E-state index contributed by atoms with van der Waals surface area (Å²) < 4.78 is 8.83. The van der Waals surface area contributed by atoms with E-state index < -0.39 is 0 Å². The minimum Gasteiger partial charge on any atom is -0.378 e. The molecule has 28 heavy (non-hydrogen) atoms. The molecule has 1 aliphatic heterocycles. The van der Waals surface area contributed by atoms with Crippen LogP contribution < -0.4 is 10.6 Å². The van der Waals surface area contributed by atoms with E-state index in [0.29, 0.717) is 18.5 Å². The molecule has 0 saturated carbocycles. The van der Waals surface area contributed by atoms with E-state index in [-0.39, 0.29) is 0 Å². The van der Waals surface area contributed by atoms with Gasteiger partial charge in [0, 0.05) is 25.1 Å². The number of anilines is 3. The number of aromatic nitrogens is 6. The molecule has 0 aliphatic carbocycles. The summed E-state index contributed by atoms with van der Waals surface area (Å²) in [6.45, 7) is 2.15. The summed E-state index contributed by atoms with van der Waals surface area (Å²) in [6, 6.07) is 8.75. The van der Waals surface area contributed by atoms with Gasteiger partial charge in [0.15, 0.2) is 5.65 Å². The molecular formula is C19H20N8O. The van der Waals surface area contributed by atoms with Crippen LogP contribution in [-0.2, 0) is 18.3 Å². The summed E-state index contributed by atoms with van der Waals surface area (Å²) >= 11 is 0. The van der Waals surface area contributed by atoms with Crippen LogP contribution in [0.2, 0.25) is 0 Å². The van der Waals surface area contributed by atoms with Gasteiger partial charge in [-0.05, 0) is 17.7 Å². The lowest BCUT2D eigenvalue weighted by atomic mass is 10.1. The van der Waals surface area contributed by atoms with Crippen molar-refractivity contribution in [2.45, 2.75) is 12.6 Å². The van der Waals surface area contributed by atoms with Gasteiger partial charge >= 0.3 is 0 Å². The first-order valence-corrected chi connectivity index (χ1v) is 9.10. The first-order valence-electron chi connectivity index (χ1n) is 9.10. The molecule has 9 heteroatoms. The number of nitrogens with one attached hydrogen (secondary N) is 2. The highest BCUT2D eigenvalue weighted by atomic mass is 16.5. The monoisotopic (exact) mass is 376 g/mol. The molecule has 0 unspecified atom stereocenters. The number of hydrogen-bond donors (Lipinski definition) is 2. The molecule has 1 aliphatic rings. The number of rotatable bonds is 6. The van der Waals surface area contributed by atoms with E-state index in [1.807, 2.05) is 24.0 Å². The second-order valence-corrected chi connectivity index (χ2v) is 6.88. The zero-order chi connectivity index (χ0) is 18.9. The number of nitrogens with zero attached hydrogens (tertiary/aromatic N) is 6.